The number of benzene rings is 1. The zero-order valence-electron chi connectivity index (χ0n) is 10.0. The minimum Gasteiger partial charge on any atom is -0.338 e. The van der Waals surface area contributed by atoms with Crippen LogP contribution in [0.3, 0.4) is 0 Å². The number of halogens is 4. The van der Waals surface area contributed by atoms with Gasteiger partial charge < -0.3 is 10.6 Å². The van der Waals surface area contributed by atoms with E-state index < -0.39 is 17.5 Å². The molecule has 1 aromatic carbocycles. The van der Waals surface area contributed by atoms with E-state index in [1.54, 1.807) is 0 Å². The van der Waals surface area contributed by atoms with Gasteiger partial charge in [-0.15, -0.1) is 12.4 Å². The van der Waals surface area contributed by atoms with E-state index in [0.29, 0.717) is 19.6 Å². The molecule has 1 fully saturated rings. The Morgan fingerprint density at radius 2 is 2.11 bits per heavy atom. The second kappa shape index (κ2) is 6.50. The molecule has 1 amide bonds. The van der Waals surface area contributed by atoms with Crippen molar-refractivity contribution < 1.29 is 13.6 Å². The van der Waals surface area contributed by atoms with E-state index in [-0.39, 0.29) is 28.9 Å². The van der Waals surface area contributed by atoms with Crippen LogP contribution >= 0.6 is 24.0 Å². The molecule has 0 aromatic heterocycles. The number of hydrogen-bond acceptors (Lipinski definition) is 2. The molecule has 2 rings (SSSR count). The van der Waals surface area contributed by atoms with Crippen molar-refractivity contribution in [3.05, 3.63) is 34.4 Å². The van der Waals surface area contributed by atoms with Crippen LogP contribution in [0.4, 0.5) is 8.78 Å². The standard InChI is InChI=1S/C12H13ClF2N2O.ClH/c13-9-4-10(14)8(3-11(9)15)12(18)17-2-1-7(5-16)6-17;/h3-4,7H,1-2,5-6,16H2;1H. The van der Waals surface area contributed by atoms with E-state index >= 15 is 0 Å². The fraction of sp³-hybridized carbons (Fsp3) is 0.417. The highest BCUT2D eigenvalue weighted by Crippen LogP contribution is 2.23. The first-order valence-electron chi connectivity index (χ1n) is 5.66. The Balaban J connectivity index is 0.00000180. The zero-order valence-corrected chi connectivity index (χ0v) is 11.6. The van der Waals surface area contributed by atoms with Gasteiger partial charge in [0.2, 0.25) is 0 Å². The molecule has 19 heavy (non-hydrogen) atoms. The van der Waals surface area contributed by atoms with Gasteiger partial charge in [0.05, 0.1) is 10.6 Å². The van der Waals surface area contributed by atoms with E-state index in [0.717, 1.165) is 18.6 Å². The second-order valence-corrected chi connectivity index (χ2v) is 4.79. The van der Waals surface area contributed by atoms with Crippen molar-refractivity contribution in [2.24, 2.45) is 11.7 Å². The van der Waals surface area contributed by atoms with Gasteiger partial charge in [0, 0.05) is 13.1 Å². The van der Waals surface area contributed by atoms with E-state index in [1.807, 2.05) is 0 Å². The summed E-state index contributed by atoms with van der Waals surface area (Å²) in [5.41, 5.74) is 5.24. The van der Waals surface area contributed by atoms with Crippen molar-refractivity contribution in [1.29, 1.82) is 0 Å². The number of hydrogen-bond donors (Lipinski definition) is 1. The molecular weight excluding hydrogens is 297 g/mol. The van der Waals surface area contributed by atoms with Gasteiger partial charge in [-0.2, -0.15) is 0 Å². The van der Waals surface area contributed by atoms with Crippen molar-refractivity contribution in [2.45, 2.75) is 6.42 Å². The lowest BCUT2D eigenvalue weighted by molar-refractivity contribution is 0.0782. The Morgan fingerprint density at radius 1 is 1.42 bits per heavy atom. The molecule has 1 aliphatic heterocycles. The molecule has 1 aromatic rings. The van der Waals surface area contributed by atoms with Gasteiger partial charge >= 0.3 is 0 Å². The lowest BCUT2D eigenvalue weighted by Crippen LogP contribution is -2.30. The summed E-state index contributed by atoms with van der Waals surface area (Å²) in [7, 11) is 0. The predicted molar refractivity (Wildman–Crippen MR) is 71.7 cm³/mol. The van der Waals surface area contributed by atoms with E-state index in [9.17, 15) is 13.6 Å². The highest BCUT2D eigenvalue weighted by molar-refractivity contribution is 6.30. The van der Waals surface area contributed by atoms with E-state index in [4.69, 9.17) is 17.3 Å². The largest absolute Gasteiger partial charge is 0.338 e. The van der Waals surface area contributed by atoms with Crippen LogP contribution in [0, 0.1) is 17.6 Å². The number of likely N-dealkylation sites (tertiary alicyclic amines) is 1. The van der Waals surface area contributed by atoms with Gasteiger partial charge in [0.25, 0.3) is 5.91 Å². The third kappa shape index (κ3) is 3.35. The molecule has 1 unspecified atom stereocenters. The molecule has 1 saturated heterocycles. The van der Waals surface area contributed by atoms with E-state index in [2.05, 4.69) is 0 Å². The fourth-order valence-corrected chi connectivity index (χ4v) is 2.22. The van der Waals surface area contributed by atoms with Gasteiger partial charge in [-0.05, 0) is 31.0 Å². The van der Waals surface area contributed by atoms with Crippen LogP contribution in [0.1, 0.15) is 16.8 Å². The molecule has 0 bridgehead atoms. The number of carbonyl (C=O) groups excluding carboxylic acids is 1. The van der Waals surface area contributed by atoms with Gasteiger partial charge in [-0.25, -0.2) is 8.78 Å². The van der Waals surface area contributed by atoms with Gasteiger partial charge in [-0.1, -0.05) is 11.6 Å². The minimum absolute atomic E-state index is 0. The average Bonchev–Trinajstić information content (AvgIpc) is 2.81. The molecule has 1 aliphatic rings. The molecule has 7 heteroatoms. The number of nitrogens with two attached hydrogens (primary N) is 1. The maximum absolute atomic E-state index is 13.6. The van der Waals surface area contributed by atoms with Crippen LogP contribution in [0.25, 0.3) is 0 Å². The number of carbonyl (C=O) groups is 1. The van der Waals surface area contributed by atoms with Crippen molar-refractivity contribution in [1.82, 2.24) is 4.90 Å². The maximum Gasteiger partial charge on any atom is 0.256 e. The van der Waals surface area contributed by atoms with Crippen molar-refractivity contribution in [3.8, 4) is 0 Å². The third-order valence-corrected chi connectivity index (χ3v) is 3.44. The highest BCUT2D eigenvalue weighted by atomic mass is 35.5. The normalized spacial score (nSPS) is 18.3. The first-order chi connectivity index (χ1) is 8.52. The summed E-state index contributed by atoms with van der Waals surface area (Å²) in [4.78, 5) is 13.5. The quantitative estimate of drug-likeness (QED) is 0.853. The molecule has 0 saturated carbocycles. The summed E-state index contributed by atoms with van der Waals surface area (Å²) >= 11 is 5.44. The van der Waals surface area contributed by atoms with Crippen LogP contribution in [0.5, 0.6) is 0 Å². The Hall–Kier alpha value is -0.910. The molecule has 0 radical (unpaired) electrons. The van der Waals surface area contributed by atoms with Crippen molar-refractivity contribution in [2.75, 3.05) is 19.6 Å². The Kier molecular flexibility index (Phi) is 5.52. The maximum atomic E-state index is 13.6. The fourth-order valence-electron chi connectivity index (χ4n) is 2.07. The van der Waals surface area contributed by atoms with Gasteiger partial charge in [0.15, 0.2) is 0 Å². The molecule has 3 nitrogen and oxygen atoms in total. The molecular formula is C12H14Cl2F2N2O. The number of nitrogens with zero attached hydrogens (tertiary/aromatic N) is 1. The lowest BCUT2D eigenvalue weighted by atomic mass is 10.1. The summed E-state index contributed by atoms with van der Waals surface area (Å²) < 4.78 is 26.9. The van der Waals surface area contributed by atoms with Crippen LogP contribution in [0.15, 0.2) is 12.1 Å². The first-order valence-corrected chi connectivity index (χ1v) is 6.04. The molecule has 0 aliphatic carbocycles. The Morgan fingerprint density at radius 3 is 2.68 bits per heavy atom. The topological polar surface area (TPSA) is 46.3 Å². The van der Waals surface area contributed by atoms with Crippen LogP contribution in [-0.2, 0) is 0 Å². The summed E-state index contributed by atoms with van der Waals surface area (Å²) in [6, 6.07) is 1.66. The lowest BCUT2D eigenvalue weighted by Gasteiger charge is -2.16. The zero-order chi connectivity index (χ0) is 13.3. The van der Waals surface area contributed by atoms with Crippen LogP contribution < -0.4 is 5.73 Å². The summed E-state index contributed by atoms with van der Waals surface area (Å²) in [5.74, 6) is -1.88. The monoisotopic (exact) mass is 310 g/mol. The summed E-state index contributed by atoms with van der Waals surface area (Å²) in [5, 5.41) is -0.328. The number of amides is 1. The van der Waals surface area contributed by atoms with Gasteiger partial charge in [-0.3, -0.25) is 4.79 Å². The minimum atomic E-state index is -0.803. The van der Waals surface area contributed by atoms with Crippen LogP contribution in [0.2, 0.25) is 5.02 Å². The molecule has 0 spiro atoms. The van der Waals surface area contributed by atoms with Crippen molar-refractivity contribution >= 4 is 29.9 Å². The molecule has 1 atom stereocenters. The highest BCUT2D eigenvalue weighted by Gasteiger charge is 2.28. The Labute approximate surface area is 121 Å². The summed E-state index contributed by atoms with van der Waals surface area (Å²) in [6.45, 7) is 1.49. The van der Waals surface area contributed by atoms with E-state index in [1.165, 1.54) is 4.90 Å². The molecule has 106 valence electrons. The smallest absolute Gasteiger partial charge is 0.256 e. The average molecular weight is 311 g/mol. The first kappa shape index (κ1) is 16.1. The second-order valence-electron chi connectivity index (χ2n) is 4.39. The molecule has 1 heterocycles. The van der Waals surface area contributed by atoms with Gasteiger partial charge in [0.1, 0.15) is 11.6 Å². The van der Waals surface area contributed by atoms with Crippen LogP contribution in [-0.4, -0.2) is 30.4 Å². The summed E-state index contributed by atoms with van der Waals surface area (Å²) in [6.07, 6.45) is 0.792. The predicted octanol–water partition coefficient (Wildman–Crippen LogP) is 2.46. The third-order valence-electron chi connectivity index (χ3n) is 3.15. The van der Waals surface area contributed by atoms with Crippen molar-refractivity contribution in [3.63, 3.8) is 0 Å². The number of rotatable bonds is 2. The Bertz CT molecular complexity index is 485. The SMILES string of the molecule is Cl.NCC1CCN(C(=O)c2cc(F)c(Cl)cc2F)C1. The molecule has 2 N–H and O–H groups in total.